The van der Waals surface area contributed by atoms with Crippen molar-refractivity contribution in [2.45, 2.75) is 38.5 Å². The van der Waals surface area contributed by atoms with Gasteiger partial charge in [-0.05, 0) is 126 Å². The smallest absolute Gasteiger partial charge is 0.0468 e. The minimum Gasteiger partial charge on any atom is -0.310 e. The van der Waals surface area contributed by atoms with Gasteiger partial charge in [0.2, 0.25) is 0 Å². The van der Waals surface area contributed by atoms with Gasteiger partial charge in [-0.2, -0.15) is 0 Å². The molecule has 1 nitrogen and oxygen atoms in total. The lowest BCUT2D eigenvalue weighted by Crippen LogP contribution is -2.14. The molecule has 0 unspecified atom stereocenters. The summed E-state index contributed by atoms with van der Waals surface area (Å²) in [5.41, 5.74) is 19.2. The van der Waals surface area contributed by atoms with Crippen molar-refractivity contribution in [3.8, 4) is 44.5 Å². The highest BCUT2D eigenvalue weighted by Gasteiger charge is 2.36. The molecule has 2 aliphatic rings. The summed E-state index contributed by atoms with van der Waals surface area (Å²) in [4.78, 5) is 2.41. The van der Waals surface area contributed by atoms with Crippen molar-refractivity contribution < 1.29 is 0 Å². The Morgan fingerprint density at radius 2 is 0.736 bits per heavy atom. The van der Waals surface area contributed by atoms with E-state index in [1.54, 1.807) is 0 Å². The predicted molar refractivity (Wildman–Crippen MR) is 225 cm³/mol. The van der Waals surface area contributed by atoms with Gasteiger partial charge in [-0.1, -0.05) is 155 Å². The van der Waals surface area contributed by atoms with Crippen LogP contribution in [0.3, 0.4) is 0 Å². The zero-order chi connectivity index (χ0) is 35.9. The van der Waals surface area contributed by atoms with E-state index in [1.165, 1.54) is 77.5 Å². The number of benzene rings is 8. The summed E-state index contributed by atoms with van der Waals surface area (Å²) >= 11 is 0. The van der Waals surface area contributed by atoms with Gasteiger partial charge in [-0.15, -0.1) is 0 Å². The third-order valence-electron chi connectivity index (χ3n) is 12.0. The van der Waals surface area contributed by atoms with Gasteiger partial charge >= 0.3 is 0 Å². The van der Waals surface area contributed by atoms with Crippen molar-refractivity contribution in [2.75, 3.05) is 4.90 Å². The molecule has 0 N–H and O–H groups in total. The monoisotopic (exact) mass is 679 g/mol. The average Bonchev–Trinajstić information content (AvgIpc) is 3.57. The Morgan fingerprint density at radius 1 is 0.302 bits per heavy atom. The van der Waals surface area contributed by atoms with Crippen LogP contribution in [0.4, 0.5) is 17.1 Å². The van der Waals surface area contributed by atoms with E-state index in [0.29, 0.717) is 0 Å². The molecule has 0 saturated carbocycles. The van der Waals surface area contributed by atoms with Gasteiger partial charge in [0.15, 0.2) is 0 Å². The second-order valence-electron chi connectivity index (χ2n) is 15.8. The molecule has 0 spiro atoms. The standard InChI is InChI=1S/C52H41N/c1-51(2)47-21-9-7-19-43(47)45-32-38(24-27-49(45)51)36-15-11-17-40(30-36)53(42-26-23-34-13-5-6-14-35(34)29-42)41-18-12-16-37(31-41)39-25-28-50-46(33-39)44-20-8-10-22-48(44)52(50,3)4/h5-33H,1-4H3. The summed E-state index contributed by atoms with van der Waals surface area (Å²) in [5, 5.41) is 2.46. The zero-order valence-corrected chi connectivity index (χ0v) is 30.7. The van der Waals surface area contributed by atoms with E-state index in [9.17, 15) is 0 Å². The lowest BCUT2D eigenvalue weighted by molar-refractivity contribution is 0.660. The molecule has 0 amide bonds. The average molecular weight is 680 g/mol. The fourth-order valence-electron chi connectivity index (χ4n) is 9.21. The van der Waals surface area contributed by atoms with Crippen LogP contribution in [0.25, 0.3) is 55.3 Å². The third-order valence-corrected chi connectivity index (χ3v) is 12.0. The molecule has 10 rings (SSSR count). The topological polar surface area (TPSA) is 3.24 Å². The van der Waals surface area contributed by atoms with Gasteiger partial charge in [-0.3, -0.25) is 0 Å². The molecule has 0 aliphatic heterocycles. The van der Waals surface area contributed by atoms with Gasteiger partial charge in [-0.25, -0.2) is 0 Å². The number of nitrogens with zero attached hydrogens (tertiary/aromatic N) is 1. The van der Waals surface area contributed by atoms with Crippen LogP contribution >= 0.6 is 0 Å². The Bertz CT molecular complexity index is 2590. The lowest BCUT2D eigenvalue weighted by atomic mass is 9.82. The van der Waals surface area contributed by atoms with Crippen LogP contribution in [-0.2, 0) is 10.8 Å². The SMILES string of the molecule is CC1(C)c2ccccc2-c2cc(-c3cccc(N(c4cccc(-c5ccc6c(c5)-c5ccccc5C6(C)C)c4)c4ccc5ccccc5c4)c3)ccc21. The molecular weight excluding hydrogens is 639 g/mol. The fourth-order valence-corrected chi connectivity index (χ4v) is 9.21. The molecule has 8 aromatic carbocycles. The normalized spacial score (nSPS) is 14.3. The maximum Gasteiger partial charge on any atom is 0.0468 e. The first-order chi connectivity index (χ1) is 25.8. The first-order valence-corrected chi connectivity index (χ1v) is 18.8. The Balaban J connectivity index is 1.10. The summed E-state index contributed by atoms with van der Waals surface area (Å²) < 4.78 is 0. The number of hydrogen-bond donors (Lipinski definition) is 0. The highest BCUT2D eigenvalue weighted by molar-refractivity contribution is 5.92. The van der Waals surface area contributed by atoms with E-state index in [1.807, 2.05) is 0 Å². The predicted octanol–water partition coefficient (Wildman–Crippen LogP) is 14.3. The van der Waals surface area contributed by atoms with Crippen molar-refractivity contribution in [2.24, 2.45) is 0 Å². The van der Waals surface area contributed by atoms with Crippen molar-refractivity contribution in [3.63, 3.8) is 0 Å². The molecule has 1 heteroatoms. The summed E-state index contributed by atoms with van der Waals surface area (Å²) in [6.07, 6.45) is 0. The molecule has 0 radical (unpaired) electrons. The second kappa shape index (κ2) is 11.7. The van der Waals surface area contributed by atoms with E-state index in [0.717, 1.165) is 17.1 Å². The Hall–Kier alpha value is -6.18. The summed E-state index contributed by atoms with van der Waals surface area (Å²) in [6, 6.07) is 65.4. The maximum atomic E-state index is 2.41. The van der Waals surface area contributed by atoms with E-state index in [-0.39, 0.29) is 10.8 Å². The lowest BCUT2D eigenvalue weighted by Gasteiger charge is -2.27. The van der Waals surface area contributed by atoms with Gasteiger partial charge in [0.25, 0.3) is 0 Å². The summed E-state index contributed by atoms with van der Waals surface area (Å²) in [7, 11) is 0. The Kier molecular flexibility index (Phi) is 6.94. The molecule has 0 saturated heterocycles. The van der Waals surface area contributed by atoms with Crippen LogP contribution in [-0.4, -0.2) is 0 Å². The number of anilines is 3. The fraction of sp³-hybridized carbons (Fsp3) is 0.115. The number of hydrogen-bond acceptors (Lipinski definition) is 1. The maximum absolute atomic E-state index is 2.41. The molecule has 0 heterocycles. The quantitative estimate of drug-likeness (QED) is 0.175. The highest BCUT2D eigenvalue weighted by Crippen LogP contribution is 2.51. The molecule has 8 aromatic rings. The van der Waals surface area contributed by atoms with Crippen molar-refractivity contribution in [1.82, 2.24) is 0 Å². The van der Waals surface area contributed by atoms with Crippen LogP contribution in [0, 0.1) is 0 Å². The molecular formula is C52H41N. The van der Waals surface area contributed by atoms with Crippen molar-refractivity contribution in [3.05, 3.63) is 198 Å². The molecule has 2 aliphatic carbocycles. The summed E-state index contributed by atoms with van der Waals surface area (Å²) in [5.74, 6) is 0. The molecule has 0 atom stereocenters. The van der Waals surface area contributed by atoms with Crippen molar-refractivity contribution >= 4 is 27.8 Å². The third kappa shape index (κ3) is 4.91. The van der Waals surface area contributed by atoms with Crippen LogP contribution in [0.2, 0.25) is 0 Å². The van der Waals surface area contributed by atoms with Crippen LogP contribution in [0.15, 0.2) is 176 Å². The van der Waals surface area contributed by atoms with Crippen molar-refractivity contribution in [1.29, 1.82) is 0 Å². The van der Waals surface area contributed by atoms with Crippen LogP contribution in [0.1, 0.15) is 49.9 Å². The van der Waals surface area contributed by atoms with E-state index in [2.05, 4.69) is 209 Å². The van der Waals surface area contributed by atoms with E-state index in [4.69, 9.17) is 0 Å². The molecule has 0 fully saturated rings. The molecule has 254 valence electrons. The number of fused-ring (bicyclic) bond motifs is 7. The second-order valence-corrected chi connectivity index (χ2v) is 15.8. The van der Waals surface area contributed by atoms with Gasteiger partial charge in [0.1, 0.15) is 0 Å². The molecule has 53 heavy (non-hydrogen) atoms. The molecule has 0 bridgehead atoms. The number of rotatable bonds is 5. The van der Waals surface area contributed by atoms with Gasteiger partial charge in [0, 0.05) is 27.9 Å². The minimum absolute atomic E-state index is 0.0113. The Labute approximate surface area is 312 Å². The van der Waals surface area contributed by atoms with E-state index < -0.39 is 0 Å². The zero-order valence-electron chi connectivity index (χ0n) is 30.7. The van der Waals surface area contributed by atoms with Crippen LogP contribution < -0.4 is 4.90 Å². The first-order valence-electron chi connectivity index (χ1n) is 18.8. The minimum atomic E-state index is -0.0113. The molecule has 0 aromatic heterocycles. The largest absolute Gasteiger partial charge is 0.310 e. The first kappa shape index (κ1) is 31.5. The van der Waals surface area contributed by atoms with Gasteiger partial charge < -0.3 is 4.90 Å². The van der Waals surface area contributed by atoms with Crippen LogP contribution in [0.5, 0.6) is 0 Å². The van der Waals surface area contributed by atoms with E-state index >= 15 is 0 Å². The Morgan fingerprint density at radius 3 is 1.28 bits per heavy atom. The van der Waals surface area contributed by atoms with Gasteiger partial charge in [0.05, 0.1) is 0 Å². The summed E-state index contributed by atoms with van der Waals surface area (Å²) in [6.45, 7) is 9.37. The highest BCUT2D eigenvalue weighted by atomic mass is 15.1.